The number of carbonyl (C=O) groups excluding carboxylic acids is 1. The van der Waals surface area contributed by atoms with Gasteiger partial charge in [-0.25, -0.2) is 9.59 Å². The Morgan fingerprint density at radius 2 is 1.67 bits per heavy atom. The maximum Gasteiger partial charge on any atom is 0.340 e. The van der Waals surface area contributed by atoms with Gasteiger partial charge in [0, 0.05) is 17.1 Å². The molecule has 5 heteroatoms. The highest BCUT2D eigenvalue weighted by Gasteiger charge is 2.28. The van der Waals surface area contributed by atoms with E-state index in [1.165, 1.54) is 0 Å². The minimum Gasteiger partial charge on any atom is -0.478 e. The summed E-state index contributed by atoms with van der Waals surface area (Å²) >= 11 is 0. The van der Waals surface area contributed by atoms with Gasteiger partial charge in [-0.05, 0) is 32.9 Å². The van der Waals surface area contributed by atoms with Crippen LogP contribution < -0.4 is 0 Å². The first-order valence-corrected chi connectivity index (χ1v) is 6.66. The van der Waals surface area contributed by atoms with Gasteiger partial charge in [0.05, 0.1) is 17.7 Å². The molecule has 0 saturated heterocycles. The van der Waals surface area contributed by atoms with Crippen LogP contribution in [0.4, 0.5) is 0 Å². The van der Waals surface area contributed by atoms with E-state index < -0.39 is 11.9 Å². The number of carbonyl (C=O) groups is 2. The third-order valence-electron chi connectivity index (χ3n) is 3.35. The molecule has 0 unspecified atom stereocenters. The number of benzene rings is 1. The normalized spacial score (nSPS) is 10.4. The molecule has 2 aromatic rings. The number of rotatable bonds is 4. The van der Waals surface area contributed by atoms with E-state index in [0.29, 0.717) is 11.4 Å². The SMILES string of the molecule is CCOC(=O)c1c(C(=O)O)c(C)n(-c2ccccc2)c1C. The van der Waals surface area contributed by atoms with Crippen LogP contribution in [0.15, 0.2) is 30.3 Å². The Balaban J connectivity index is 2.72. The summed E-state index contributed by atoms with van der Waals surface area (Å²) < 4.78 is 6.75. The number of para-hydroxylation sites is 1. The van der Waals surface area contributed by atoms with Gasteiger partial charge in [0.15, 0.2) is 0 Å². The van der Waals surface area contributed by atoms with Crippen LogP contribution in [0.2, 0.25) is 0 Å². The van der Waals surface area contributed by atoms with Gasteiger partial charge in [-0.15, -0.1) is 0 Å². The van der Waals surface area contributed by atoms with Gasteiger partial charge in [-0.3, -0.25) is 0 Å². The Bertz CT molecular complexity index is 686. The van der Waals surface area contributed by atoms with Crippen LogP contribution in [0.1, 0.15) is 39.0 Å². The average Bonchev–Trinajstić information content (AvgIpc) is 2.71. The number of hydrogen-bond donors (Lipinski definition) is 1. The van der Waals surface area contributed by atoms with Gasteiger partial charge >= 0.3 is 11.9 Å². The van der Waals surface area contributed by atoms with Crippen LogP contribution >= 0.6 is 0 Å². The van der Waals surface area contributed by atoms with E-state index >= 15 is 0 Å². The molecule has 1 aromatic carbocycles. The average molecular weight is 287 g/mol. The maximum atomic E-state index is 12.1. The summed E-state index contributed by atoms with van der Waals surface area (Å²) in [5.74, 6) is -1.74. The smallest absolute Gasteiger partial charge is 0.340 e. The van der Waals surface area contributed by atoms with Crippen LogP contribution in [0.3, 0.4) is 0 Å². The Morgan fingerprint density at radius 1 is 1.10 bits per heavy atom. The van der Waals surface area contributed by atoms with Crippen molar-refractivity contribution in [1.82, 2.24) is 4.57 Å². The van der Waals surface area contributed by atoms with Crippen molar-refractivity contribution in [3.8, 4) is 5.69 Å². The first-order valence-electron chi connectivity index (χ1n) is 6.66. The lowest BCUT2D eigenvalue weighted by molar-refractivity contribution is 0.0514. The largest absolute Gasteiger partial charge is 0.478 e. The molecule has 0 spiro atoms. The predicted molar refractivity (Wildman–Crippen MR) is 78.2 cm³/mol. The van der Waals surface area contributed by atoms with Crippen molar-refractivity contribution in [2.24, 2.45) is 0 Å². The molecule has 0 atom stereocenters. The zero-order valence-corrected chi connectivity index (χ0v) is 12.2. The highest BCUT2D eigenvalue weighted by Crippen LogP contribution is 2.27. The fourth-order valence-corrected chi connectivity index (χ4v) is 2.52. The monoisotopic (exact) mass is 287 g/mol. The zero-order valence-electron chi connectivity index (χ0n) is 12.2. The second-order valence-corrected chi connectivity index (χ2v) is 4.62. The number of nitrogens with zero attached hydrogens (tertiary/aromatic N) is 1. The third kappa shape index (κ3) is 2.54. The Kier molecular flexibility index (Phi) is 4.12. The highest BCUT2D eigenvalue weighted by molar-refractivity contribution is 6.04. The van der Waals surface area contributed by atoms with Crippen LogP contribution in [0, 0.1) is 13.8 Å². The molecular formula is C16H17NO4. The topological polar surface area (TPSA) is 68.5 Å². The molecule has 0 saturated carbocycles. The summed E-state index contributed by atoms with van der Waals surface area (Å²) in [6.45, 7) is 5.30. The third-order valence-corrected chi connectivity index (χ3v) is 3.35. The minimum absolute atomic E-state index is 0.00481. The molecule has 0 bridgehead atoms. The van der Waals surface area contributed by atoms with E-state index in [9.17, 15) is 14.7 Å². The summed E-state index contributed by atoms with van der Waals surface area (Å²) in [5.41, 5.74) is 2.00. The zero-order chi connectivity index (χ0) is 15.6. The lowest BCUT2D eigenvalue weighted by Crippen LogP contribution is -2.11. The van der Waals surface area contributed by atoms with Crippen molar-refractivity contribution in [1.29, 1.82) is 0 Å². The Labute approximate surface area is 122 Å². The summed E-state index contributed by atoms with van der Waals surface area (Å²) in [6, 6.07) is 9.32. The number of hydrogen-bond acceptors (Lipinski definition) is 3. The molecule has 1 heterocycles. The van der Waals surface area contributed by atoms with E-state index in [1.807, 2.05) is 30.3 Å². The van der Waals surface area contributed by atoms with Crippen molar-refractivity contribution >= 4 is 11.9 Å². The van der Waals surface area contributed by atoms with Crippen molar-refractivity contribution in [3.05, 3.63) is 52.8 Å². The molecular weight excluding hydrogens is 270 g/mol. The Morgan fingerprint density at radius 3 is 2.19 bits per heavy atom. The Hall–Kier alpha value is -2.56. The minimum atomic E-state index is -1.13. The number of carboxylic acid groups (broad SMARTS) is 1. The quantitative estimate of drug-likeness (QED) is 0.878. The molecule has 0 amide bonds. The van der Waals surface area contributed by atoms with Gasteiger partial charge in [0.1, 0.15) is 0 Å². The van der Waals surface area contributed by atoms with Crippen molar-refractivity contribution < 1.29 is 19.4 Å². The number of carboxylic acids is 1. The van der Waals surface area contributed by atoms with Gasteiger partial charge < -0.3 is 14.4 Å². The molecule has 0 aliphatic heterocycles. The van der Waals surface area contributed by atoms with E-state index in [0.717, 1.165) is 5.69 Å². The van der Waals surface area contributed by atoms with Gasteiger partial charge in [0.2, 0.25) is 0 Å². The second-order valence-electron chi connectivity index (χ2n) is 4.62. The molecule has 1 N–H and O–H groups in total. The van der Waals surface area contributed by atoms with Crippen molar-refractivity contribution in [2.75, 3.05) is 6.61 Å². The number of aromatic carboxylic acids is 1. The summed E-state index contributed by atoms with van der Waals surface area (Å²) in [5, 5.41) is 9.43. The van der Waals surface area contributed by atoms with Gasteiger partial charge in [0.25, 0.3) is 0 Å². The molecule has 0 fully saturated rings. The fourth-order valence-electron chi connectivity index (χ4n) is 2.52. The fraction of sp³-hybridized carbons (Fsp3) is 0.250. The summed E-state index contributed by atoms with van der Waals surface area (Å²) in [4.78, 5) is 23.6. The van der Waals surface area contributed by atoms with E-state index in [-0.39, 0.29) is 17.7 Å². The van der Waals surface area contributed by atoms with Gasteiger partial charge in [-0.2, -0.15) is 0 Å². The molecule has 21 heavy (non-hydrogen) atoms. The predicted octanol–water partition coefficient (Wildman–Crippen LogP) is 2.97. The first-order chi connectivity index (χ1) is 9.99. The number of esters is 1. The van der Waals surface area contributed by atoms with E-state index in [2.05, 4.69) is 0 Å². The molecule has 0 aliphatic rings. The lowest BCUT2D eigenvalue weighted by Gasteiger charge is -2.09. The molecule has 5 nitrogen and oxygen atoms in total. The van der Waals surface area contributed by atoms with Crippen LogP contribution in [0.25, 0.3) is 5.69 Å². The van der Waals surface area contributed by atoms with E-state index in [4.69, 9.17) is 4.74 Å². The standard InChI is InChI=1S/C16H17NO4/c1-4-21-16(20)14-11(3)17(10(2)13(14)15(18)19)12-8-6-5-7-9-12/h5-9H,4H2,1-3H3,(H,18,19). The molecule has 110 valence electrons. The van der Waals surface area contributed by atoms with Crippen molar-refractivity contribution in [2.45, 2.75) is 20.8 Å². The van der Waals surface area contributed by atoms with E-state index in [1.54, 1.807) is 25.3 Å². The van der Waals surface area contributed by atoms with Crippen LogP contribution in [0.5, 0.6) is 0 Å². The summed E-state index contributed by atoms with van der Waals surface area (Å²) in [6.07, 6.45) is 0. The second kappa shape index (κ2) is 5.83. The number of aromatic nitrogens is 1. The molecule has 1 aromatic heterocycles. The summed E-state index contributed by atoms with van der Waals surface area (Å²) in [7, 11) is 0. The number of ether oxygens (including phenoxy) is 1. The van der Waals surface area contributed by atoms with Gasteiger partial charge in [-0.1, -0.05) is 18.2 Å². The lowest BCUT2D eigenvalue weighted by atomic mass is 10.1. The molecule has 0 aliphatic carbocycles. The van der Waals surface area contributed by atoms with Crippen LogP contribution in [-0.4, -0.2) is 28.2 Å². The van der Waals surface area contributed by atoms with Crippen LogP contribution in [-0.2, 0) is 4.74 Å². The molecule has 2 rings (SSSR count). The maximum absolute atomic E-state index is 12.1. The molecule has 0 radical (unpaired) electrons. The highest BCUT2D eigenvalue weighted by atomic mass is 16.5. The first kappa shape index (κ1) is 14.8. The van der Waals surface area contributed by atoms with Crippen molar-refractivity contribution in [3.63, 3.8) is 0 Å².